The molecule has 1 unspecified atom stereocenters. The lowest BCUT2D eigenvalue weighted by Crippen LogP contribution is -2.12. The number of aliphatic hydroxyl groups is 1. The number of benzene rings is 1. The van der Waals surface area contributed by atoms with Gasteiger partial charge in [-0.1, -0.05) is 18.2 Å². The summed E-state index contributed by atoms with van der Waals surface area (Å²) in [6.45, 7) is 1.69. The third-order valence-corrected chi connectivity index (χ3v) is 1.15. The molecule has 1 aromatic rings. The van der Waals surface area contributed by atoms with Crippen molar-refractivity contribution in [2.45, 2.75) is 13.2 Å². The number of nitrogens with one attached hydrogen (secondary N) is 1. The van der Waals surface area contributed by atoms with Crippen molar-refractivity contribution in [3.05, 3.63) is 30.3 Å². The number of rotatable bonds is 2. The first-order valence-electron chi connectivity index (χ1n) is 3.98. The van der Waals surface area contributed by atoms with Gasteiger partial charge in [0, 0.05) is 5.69 Å². The molecule has 15 heavy (non-hydrogen) atoms. The van der Waals surface area contributed by atoms with Gasteiger partial charge in [0.25, 0.3) is 0 Å². The Morgan fingerprint density at radius 3 is 1.93 bits per heavy atom. The molecular weight excluding hydrogens is 222 g/mol. The normalized spacial score (nSPS) is 12.3. The van der Waals surface area contributed by atoms with E-state index in [4.69, 9.17) is 22.6 Å². The van der Waals surface area contributed by atoms with Crippen LogP contribution in [-0.2, 0) is 10.4 Å². The zero-order valence-corrected chi connectivity index (χ0v) is 8.85. The van der Waals surface area contributed by atoms with Gasteiger partial charge in [0.05, 0.1) is 0 Å². The Balaban J connectivity index is 0.000000336. The summed E-state index contributed by atoms with van der Waals surface area (Å²) in [6.07, 6.45) is -0.484. The maximum absolute atomic E-state index is 8.89. The van der Waals surface area contributed by atoms with E-state index >= 15 is 0 Å². The van der Waals surface area contributed by atoms with Crippen LogP contribution in [0.4, 0.5) is 5.69 Å². The topological polar surface area (TPSA) is 107 Å². The molecule has 0 aliphatic carbocycles. The molecule has 0 fully saturated rings. The molecule has 0 aliphatic heterocycles. The van der Waals surface area contributed by atoms with E-state index in [0.717, 1.165) is 5.69 Å². The van der Waals surface area contributed by atoms with Gasteiger partial charge in [-0.05, 0) is 19.1 Å². The van der Waals surface area contributed by atoms with Crippen LogP contribution in [0.1, 0.15) is 6.92 Å². The lowest BCUT2D eigenvalue weighted by Gasteiger charge is -2.07. The van der Waals surface area contributed by atoms with Gasteiger partial charge in [0.2, 0.25) is 0 Å². The summed E-state index contributed by atoms with van der Waals surface area (Å²) in [4.78, 5) is 0. The SMILES string of the molecule is CC(O)Nc1ccccc1.O=S(=O)(O)O. The van der Waals surface area contributed by atoms with Gasteiger partial charge >= 0.3 is 10.4 Å². The molecule has 7 heteroatoms. The first-order chi connectivity index (χ1) is 6.79. The summed E-state index contributed by atoms with van der Waals surface area (Å²) in [5.41, 5.74) is 0.942. The van der Waals surface area contributed by atoms with E-state index < -0.39 is 16.6 Å². The molecule has 0 aromatic heterocycles. The second-order valence-corrected chi connectivity index (χ2v) is 3.53. The van der Waals surface area contributed by atoms with Crippen LogP contribution in [0.5, 0.6) is 0 Å². The quantitative estimate of drug-likeness (QED) is 0.446. The first kappa shape index (κ1) is 13.8. The van der Waals surface area contributed by atoms with E-state index in [1.165, 1.54) is 0 Å². The average molecular weight is 235 g/mol. The van der Waals surface area contributed by atoms with E-state index in [-0.39, 0.29) is 0 Å². The van der Waals surface area contributed by atoms with E-state index in [0.29, 0.717) is 0 Å². The summed E-state index contributed by atoms with van der Waals surface area (Å²) >= 11 is 0. The van der Waals surface area contributed by atoms with Crippen LogP contribution < -0.4 is 5.32 Å². The fourth-order valence-corrected chi connectivity index (χ4v) is 0.776. The van der Waals surface area contributed by atoms with E-state index in [1.54, 1.807) is 6.92 Å². The number of aliphatic hydroxyl groups excluding tert-OH is 1. The van der Waals surface area contributed by atoms with Crippen molar-refractivity contribution in [1.82, 2.24) is 0 Å². The Labute approximate surface area is 88.1 Å². The monoisotopic (exact) mass is 235 g/mol. The van der Waals surface area contributed by atoms with Crippen LogP contribution in [0.25, 0.3) is 0 Å². The fourth-order valence-electron chi connectivity index (χ4n) is 0.776. The second-order valence-electron chi connectivity index (χ2n) is 2.63. The van der Waals surface area contributed by atoms with Crippen LogP contribution in [0, 0.1) is 0 Å². The highest BCUT2D eigenvalue weighted by Gasteiger charge is 1.91. The van der Waals surface area contributed by atoms with Crippen LogP contribution in [0.15, 0.2) is 30.3 Å². The van der Waals surface area contributed by atoms with E-state index in [1.807, 2.05) is 30.3 Å². The zero-order valence-electron chi connectivity index (χ0n) is 8.03. The van der Waals surface area contributed by atoms with Crippen molar-refractivity contribution in [2.75, 3.05) is 5.32 Å². The summed E-state index contributed by atoms with van der Waals surface area (Å²) < 4.78 is 31.6. The lowest BCUT2D eigenvalue weighted by molar-refractivity contribution is 0.224. The Kier molecular flexibility index (Phi) is 5.87. The minimum Gasteiger partial charge on any atom is -0.374 e. The standard InChI is InChI=1S/C8H11NO.H2O4S/c1-7(10)9-8-5-3-2-4-6-8;1-5(2,3)4/h2-7,9-10H,1H3;(H2,1,2,3,4). The molecule has 1 rings (SSSR count). The van der Waals surface area contributed by atoms with Gasteiger partial charge in [-0.25, -0.2) is 0 Å². The Morgan fingerprint density at radius 2 is 1.60 bits per heavy atom. The molecule has 0 aliphatic rings. The summed E-state index contributed by atoms with van der Waals surface area (Å²) in [7, 11) is -4.67. The fraction of sp³-hybridized carbons (Fsp3) is 0.250. The van der Waals surface area contributed by atoms with Crippen molar-refractivity contribution in [2.24, 2.45) is 0 Å². The zero-order chi connectivity index (χ0) is 11.9. The third-order valence-electron chi connectivity index (χ3n) is 1.15. The molecule has 4 N–H and O–H groups in total. The van der Waals surface area contributed by atoms with Gasteiger partial charge in [-0.3, -0.25) is 9.11 Å². The molecule has 0 heterocycles. The summed E-state index contributed by atoms with van der Waals surface area (Å²) in [5, 5.41) is 11.8. The Bertz CT molecular complexity index is 354. The van der Waals surface area contributed by atoms with Crippen LogP contribution >= 0.6 is 0 Å². The number of anilines is 1. The van der Waals surface area contributed by atoms with Crippen molar-refractivity contribution < 1.29 is 22.6 Å². The van der Waals surface area contributed by atoms with Gasteiger partial charge in [0.1, 0.15) is 6.23 Å². The predicted molar refractivity (Wildman–Crippen MR) is 55.9 cm³/mol. The predicted octanol–water partition coefficient (Wildman–Crippen LogP) is 0.784. The maximum atomic E-state index is 8.89. The highest BCUT2D eigenvalue weighted by Crippen LogP contribution is 2.04. The maximum Gasteiger partial charge on any atom is 0.394 e. The van der Waals surface area contributed by atoms with Gasteiger partial charge in [-0.15, -0.1) is 0 Å². The summed E-state index contributed by atoms with van der Waals surface area (Å²) in [5.74, 6) is 0. The van der Waals surface area contributed by atoms with Crippen molar-refractivity contribution >= 4 is 16.1 Å². The second kappa shape index (κ2) is 6.36. The van der Waals surface area contributed by atoms with Crippen LogP contribution in [0.2, 0.25) is 0 Å². The smallest absolute Gasteiger partial charge is 0.374 e. The van der Waals surface area contributed by atoms with Crippen molar-refractivity contribution in [3.63, 3.8) is 0 Å². The minimum atomic E-state index is -4.67. The van der Waals surface area contributed by atoms with E-state index in [9.17, 15) is 0 Å². The minimum absolute atomic E-state index is 0.484. The molecule has 6 nitrogen and oxygen atoms in total. The number of hydrogen-bond donors (Lipinski definition) is 4. The molecule has 0 radical (unpaired) electrons. The highest BCUT2D eigenvalue weighted by molar-refractivity contribution is 7.79. The molecule has 0 saturated heterocycles. The van der Waals surface area contributed by atoms with E-state index in [2.05, 4.69) is 5.32 Å². The molecule has 0 bridgehead atoms. The highest BCUT2D eigenvalue weighted by atomic mass is 32.3. The van der Waals surface area contributed by atoms with Crippen LogP contribution in [0.3, 0.4) is 0 Å². The van der Waals surface area contributed by atoms with Crippen molar-refractivity contribution in [3.8, 4) is 0 Å². The third kappa shape index (κ3) is 12.8. The van der Waals surface area contributed by atoms with Crippen LogP contribution in [-0.4, -0.2) is 28.9 Å². The Morgan fingerprint density at radius 1 is 1.20 bits per heavy atom. The Hall–Kier alpha value is -1.15. The van der Waals surface area contributed by atoms with Crippen molar-refractivity contribution in [1.29, 1.82) is 0 Å². The largest absolute Gasteiger partial charge is 0.394 e. The summed E-state index contributed by atoms with van der Waals surface area (Å²) in [6, 6.07) is 9.60. The molecular formula is C8H13NO5S. The van der Waals surface area contributed by atoms with Gasteiger partial charge in [0.15, 0.2) is 0 Å². The molecule has 1 aromatic carbocycles. The lowest BCUT2D eigenvalue weighted by atomic mass is 10.3. The molecule has 86 valence electrons. The molecule has 0 spiro atoms. The number of para-hydroxylation sites is 1. The molecule has 1 atom stereocenters. The van der Waals surface area contributed by atoms with Gasteiger partial charge in [-0.2, -0.15) is 8.42 Å². The average Bonchev–Trinajstić information content (AvgIpc) is 2.01. The molecule has 0 saturated carbocycles. The molecule has 0 amide bonds. The number of hydrogen-bond acceptors (Lipinski definition) is 4. The first-order valence-corrected chi connectivity index (χ1v) is 5.38. The van der Waals surface area contributed by atoms with Gasteiger partial charge < -0.3 is 10.4 Å².